The minimum absolute atomic E-state index is 0.809. The van der Waals surface area contributed by atoms with Crippen LogP contribution in [0.4, 0.5) is 0 Å². The molecular formula is C13H16. The lowest BCUT2D eigenvalue weighted by atomic mass is 10.1. The van der Waals surface area contributed by atoms with Crippen LogP contribution in [0.5, 0.6) is 0 Å². The van der Waals surface area contributed by atoms with E-state index in [0.29, 0.717) is 0 Å². The number of hydrogen-bond donors (Lipinski definition) is 0. The molecule has 0 radical (unpaired) electrons. The van der Waals surface area contributed by atoms with Crippen LogP contribution in [0.3, 0.4) is 0 Å². The molecule has 0 heterocycles. The Morgan fingerprint density at radius 2 is 2.08 bits per heavy atom. The predicted octanol–water partition coefficient (Wildman–Crippen LogP) is 3.76. The van der Waals surface area contributed by atoms with Crippen LogP contribution in [0.2, 0.25) is 0 Å². The van der Waals surface area contributed by atoms with E-state index < -0.39 is 0 Å². The van der Waals surface area contributed by atoms with Crippen LogP contribution < -0.4 is 0 Å². The van der Waals surface area contributed by atoms with Gasteiger partial charge < -0.3 is 0 Å². The van der Waals surface area contributed by atoms with Gasteiger partial charge in [-0.3, -0.25) is 0 Å². The summed E-state index contributed by atoms with van der Waals surface area (Å²) < 4.78 is 0. The van der Waals surface area contributed by atoms with Gasteiger partial charge in [-0.25, -0.2) is 0 Å². The first-order valence-corrected chi connectivity index (χ1v) is 5.13. The number of rotatable bonds is 3. The molecule has 1 saturated carbocycles. The molecule has 0 aliphatic heterocycles. The minimum Gasteiger partial charge on any atom is -0.0885 e. The predicted molar refractivity (Wildman–Crippen MR) is 56.7 cm³/mol. The van der Waals surface area contributed by atoms with Crippen molar-refractivity contribution < 1.29 is 0 Å². The van der Waals surface area contributed by atoms with Gasteiger partial charge in [0, 0.05) is 0 Å². The van der Waals surface area contributed by atoms with E-state index in [1.807, 2.05) is 0 Å². The van der Waals surface area contributed by atoms with Crippen LogP contribution in [0.15, 0.2) is 42.5 Å². The van der Waals surface area contributed by atoms with Crippen LogP contribution in [-0.4, -0.2) is 0 Å². The van der Waals surface area contributed by atoms with Crippen molar-refractivity contribution in [2.45, 2.75) is 25.7 Å². The molecule has 1 aliphatic carbocycles. The Hall–Kier alpha value is -1.04. The lowest BCUT2D eigenvalue weighted by molar-refractivity contribution is 1.000. The van der Waals surface area contributed by atoms with Crippen LogP contribution in [0, 0.1) is 5.92 Å². The van der Waals surface area contributed by atoms with Crippen molar-refractivity contribution in [3.63, 3.8) is 0 Å². The molecular weight excluding hydrogens is 156 g/mol. The van der Waals surface area contributed by atoms with Gasteiger partial charge in [0.05, 0.1) is 0 Å². The van der Waals surface area contributed by atoms with Crippen molar-refractivity contribution in [3.8, 4) is 0 Å². The lowest BCUT2D eigenvalue weighted by Crippen LogP contribution is -1.79. The Balaban J connectivity index is 1.97. The summed E-state index contributed by atoms with van der Waals surface area (Å²) in [5.74, 6) is 1.63. The van der Waals surface area contributed by atoms with Crippen molar-refractivity contribution in [2.75, 3.05) is 0 Å². The van der Waals surface area contributed by atoms with Gasteiger partial charge in [-0.1, -0.05) is 49.4 Å². The third-order valence-electron chi connectivity index (χ3n) is 2.69. The van der Waals surface area contributed by atoms with Crippen LogP contribution >= 0.6 is 0 Å². The summed E-state index contributed by atoms with van der Waals surface area (Å²) in [5, 5.41) is 0. The maximum Gasteiger partial charge on any atom is -0.00930 e. The van der Waals surface area contributed by atoms with Crippen molar-refractivity contribution >= 4 is 0 Å². The maximum absolute atomic E-state index is 2.37. The summed E-state index contributed by atoms with van der Waals surface area (Å²) in [6.45, 7) is 2.19. The Kier molecular flexibility index (Phi) is 2.49. The van der Waals surface area contributed by atoms with E-state index in [9.17, 15) is 0 Å². The standard InChI is InChI=1S/C13H16/c1-2-3-7-12-10-13(12)11-8-5-4-6-9-11/h3-9,12-13H,2,10H2,1H3/b7-3+. The fourth-order valence-corrected chi connectivity index (χ4v) is 1.82. The second-order valence-electron chi connectivity index (χ2n) is 3.75. The average Bonchev–Trinajstić information content (AvgIpc) is 2.95. The summed E-state index contributed by atoms with van der Waals surface area (Å²) in [7, 11) is 0. The van der Waals surface area contributed by atoms with Gasteiger partial charge in [0.25, 0.3) is 0 Å². The molecule has 0 nitrogen and oxygen atoms in total. The van der Waals surface area contributed by atoms with Crippen molar-refractivity contribution in [2.24, 2.45) is 5.92 Å². The second-order valence-corrected chi connectivity index (χ2v) is 3.75. The molecule has 0 N–H and O–H groups in total. The molecule has 1 aromatic rings. The molecule has 1 aromatic carbocycles. The summed E-state index contributed by atoms with van der Waals surface area (Å²) in [5.41, 5.74) is 1.51. The molecule has 1 aliphatic rings. The molecule has 0 aromatic heterocycles. The molecule has 0 spiro atoms. The fraction of sp³-hybridized carbons (Fsp3) is 0.385. The first-order chi connectivity index (χ1) is 6.42. The Morgan fingerprint density at radius 3 is 2.77 bits per heavy atom. The highest BCUT2D eigenvalue weighted by atomic mass is 14.4. The monoisotopic (exact) mass is 172 g/mol. The summed E-state index contributed by atoms with van der Waals surface area (Å²) in [6, 6.07) is 10.8. The molecule has 0 bridgehead atoms. The van der Waals surface area contributed by atoms with E-state index in [1.165, 1.54) is 12.0 Å². The fourth-order valence-electron chi connectivity index (χ4n) is 1.82. The molecule has 2 unspecified atom stereocenters. The summed E-state index contributed by atoms with van der Waals surface area (Å²) in [4.78, 5) is 0. The topological polar surface area (TPSA) is 0 Å². The zero-order valence-electron chi connectivity index (χ0n) is 8.11. The highest BCUT2D eigenvalue weighted by molar-refractivity contribution is 5.28. The minimum atomic E-state index is 0.809. The number of allylic oxidation sites excluding steroid dienone is 2. The Bertz CT molecular complexity index is 284. The smallest absolute Gasteiger partial charge is 0.00930 e. The molecule has 0 saturated heterocycles. The van der Waals surface area contributed by atoms with Gasteiger partial charge in [0.1, 0.15) is 0 Å². The van der Waals surface area contributed by atoms with Crippen molar-refractivity contribution in [1.82, 2.24) is 0 Å². The molecule has 2 rings (SSSR count). The van der Waals surface area contributed by atoms with Gasteiger partial charge in [-0.2, -0.15) is 0 Å². The molecule has 2 atom stereocenters. The Morgan fingerprint density at radius 1 is 1.31 bits per heavy atom. The quantitative estimate of drug-likeness (QED) is 0.609. The van der Waals surface area contributed by atoms with Gasteiger partial charge in [0.2, 0.25) is 0 Å². The van der Waals surface area contributed by atoms with Crippen LogP contribution in [0.25, 0.3) is 0 Å². The average molecular weight is 172 g/mol. The van der Waals surface area contributed by atoms with E-state index in [0.717, 1.165) is 18.3 Å². The third kappa shape index (κ3) is 2.00. The van der Waals surface area contributed by atoms with E-state index >= 15 is 0 Å². The highest BCUT2D eigenvalue weighted by Gasteiger charge is 2.35. The largest absolute Gasteiger partial charge is 0.0885 e. The molecule has 0 heteroatoms. The van der Waals surface area contributed by atoms with Gasteiger partial charge in [0.15, 0.2) is 0 Å². The normalized spacial score (nSPS) is 26.5. The number of hydrogen-bond acceptors (Lipinski definition) is 0. The maximum atomic E-state index is 2.37. The zero-order valence-corrected chi connectivity index (χ0v) is 8.11. The van der Waals surface area contributed by atoms with Gasteiger partial charge in [-0.15, -0.1) is 0 Å². The third-order valence-corrected chi connectivity index (χ3v) is 2.69. The number of benzene rings is 1. The van der Waals surface area contributed by atoms with Crippen molar-refractivity contribution in [1.29, 1.82) is 0 Å². The first-order valence-electron chi connectivity index (χ1n) is 5.13. The second kappa shape index (κ2) is 3.78. The molecule has 13 heavy (non-hydrogen) atoms. The zero-order chi connectivity index (χ0) is 9.10. The lowest BCUT2D eigenvalue weighted by Gasteiger charge is -1.95. The molecule has 1 fully saturated rings. The summed E-state index contributed by atoms with van der Waals surface area (Å²) in [6.07, 6.45) is 7.17. The molecule has 68 valence electrons. The van der Waals surface area contributed by atoms with Crippen LogP contribution in [-0.2, 0) is 0 Å². The Labute approximate surface area is 80.3 Å². The van der Waals surface area contributed by atoms with E-state index in [2.05, 4.69) is 49.4 Å². The van der Waals surface area contributed by atoms with E-state index in [4.69, 9.17) is 0 Å². The first kappa shape index (κ1) is 8.55. The van der Waals surface area contributed by atoms with E-state index in [1.54, 1.807) is 0 Å². The molecule has 0 amide bonds. The SMILES string of the molecule is CC/C=C/C1CC1c1ccccc1. The van der Waals surface area contributed by atoms with E-state index in [-0.39, 0.29) is 0 Å². The van der Waals surface area contributed by atoms with Crippen molar-refractivity contribution in [3.05, 3.63) is 48.0 Å². The van der Waals surface area contributed by atoms with Gasteiger partial charge >= 0.3 is 0 Å². The summed E-state index contributed by atoms with van der Waals surface area (Å²) >= 11 is 0. The van der Waals surface area contributed by atoms with Gasteiger partial charge in [-0.05, 0) is 30.2 Å². The van der Waals surface area contributed by atoms with Crippen LogP contribution in [0.1, 0.15) is 31.2 Å². The highest BCUT2D eigenvalue weighted by Crippen LogP contribution is 2.48.